The number of hydrogen-bond acceptors (Lipinski definition) is 3. The molecule has 1 heterocycles. The number of rotatable bonds is 5. The fourth-order valence-corrected chi connectivity index (χ4v) is 2.76. The summed E-state index contributed by atoms with van der Waals surface area (Å²) >= 11 is 12.6. The van der Waals surface area contributed by atoms with Gasteiger partial charge in [0.1, 0.15) is 0 Å². The highest BCUT2D eigenvalue weighted by Gasteiger charge is 2.51. The average molecular weight is 345 g/mol. The molecular weight excluding hydrogens is 322 g/mol. The van der Waals surface area contributed by atoms with Crippen LogP contribution in [0.25, 0.3) is 0 Å². The second-order valence-electron chi connectivity index (χ2n) is 6.60. The number of benzene rings is 1. The Morgan fingerprint density at radius 3 is 2.00 bits per heavy atom. The molecule has 0 spiro atoms. The third-order valence-electron chi connectivity index (χ3n) is 4.29. The molecule has 1 aromatic carbocycles. The van der Waals surface area contributed by atoms with Gasteiger partial charge in [0.25, 0.3) is 0 Å². The van der Waals surface area contributed by atoms with Crippen LogP contribution in [0.15, 0.2) is 12.1 Å². The smallest absolute Gasteiger partial charge is 0.490 e. The van der Waals surface area contributed by atoms with Crippen molar-refractivity contribution in [3.63, 3.8) is 0 Å². The van der Waals surface area contributed by atoms with Crippen molar-refractivity contribution >= 4 is 35.8 Å². The quantitative estimate of drug-likeness (QED) is 0.582. The average Bonchev–Trinajstić information content (AvgIpc) is 2.61. The summed E-state index contributed by atoms with van der Waals surface area (Å²) in [6, 6.07) is 3.60. The Hall–Kier alpha value is -0.415. The minimum atomic E-state index is -0.482. The van der Waals surface area contributed by atoms with Gasteiger partial charge in [-0.1, -0.05) is 36.5 Å². The molecule has 1 aliphatic heterocycles. The zero-order chi connectivity index (χ0) is 16.5. The normalized spacial score (nSPS) is 19.5. The van der Waals surface area contributed by atoms with Gasteiger partial charge in [0.15, 0.2) is 5.75 Å². The zero-order valence-corrected chi connectivity index (χ0v) is 15.3. The second-order valence-corrected chi connectivity index (χ2v) is 7.42. The monoisotopic (exact) mass is 344 g/mol. The molecule has 1 saturated heterocycles. The van der Waals surface area contributed by atoms with Gasteiger partial charge in [0, 0.05) is 0 Å². The van der Waals surface area contributed by atoms with Crippen molar-refractivity contribution in [2.75, 3.05) is 6.61 Å². The van der Waals surface area contributed by atoms with E-state index in [4.69, 9.17) is 37.2 Å². The maximum Gasteiger partial charge on any atom is 0.494 e. The van der Waals surface area contributed by atoms with Gasteiger partial charge in [-0.15, -0.1) is 0 Å². The Kier molecular flexibility index (Phi) is 5.38. The van der Waals surface area contributed by atoms with Gasteiger partial charge >= 0.3 is 7.12 Å². The van der Waals surface area contributed by atoms with E-state index in [0.717, 1.165) is 18.3 Å². The van der Waals surface area contributed by atoms with Crippen molar-refractivity contribution in [2.45, 2.75) is 58.7 Å². The molecule has 1 aromatic rings. The molecule has 0 aromatic heterocycles. The third kappa shape index (κ3) is 3.56. The van der Waals surface area contributed by atoms with Crippen LogP contribution in [-0.2, 0) is 9.31 Å². The Bertz CT molecular complexity index is 507. The van der Waals surface area contributed by atoms with Gasteiger partial charge < -0.3 is 14.0 Å². The number of ether oxygens (including phenoxy) is 1. The van der Waals surface area contributed by atoms with Gasteiger partial charge in [-0.3, -0.25) is 0 Å². The van der Waals surface area contributed by atoms with Gasteiger partial charge in [0.05, 0.1) is 27.9 Å². The first-order valence-electron chi connectivity index (χ1n) is 7.65. The Balaban J connectivity index is 2.21. The fourth-order valence-electron chi connectivity index (χ4n) is 2.15. The van der Waals surface area contributed by atoms with Crippen molar-refractivity contribution in [3.05, 3.63) is 22.2 Å². The van der Waals surface area contributed by atoms with E-state index in [-0.39, 0.29) is 0 Å². The summed E-state index contributed by atoms with van der Waals surface area (Å²) in [6.07, 6.45) is 2.02. The van der Waals surface area contributed by atoms with E-state index in [0.29, 0.717) is 22.4 Å². The predicted octanol–water partition coefficient (Wildman–Crippen LogP) is 4.47. The van der Waals surface area contributed by atoms with Crippen LogP contribution in [0, 0.1) is 0 Å². The third-order valence-corrected chi connectivity index (χ3v) is 4.85. The lowest BCUT2D eigenvalue weighted by Gasteiger charge is -2.32. The summed E-state index contributed by atoms with van der Waals surface area (Å²) in [5, 5.41) is 0.960. The van der Waals surface area contributed by atoms with E-state index in [1.165, 1.54) is 0 Å². The Labute approximate surface area is 143 Å². The fraction of sp³-hybridized carbons (Fsp3) is 0.625. The van der Waals surface area contributed by atoms with Gasteiger partial charge in [0.2, 0.25) is 0 Å². The summed E-state index contributed by atoms with van der Waals surface area (Å²) in [7, 11) is -0.482. The minimum absolute atomic E-state index is 0.396. The van der Waals surface area contributed by atoms with E-state index in [1.54, 1.807) is 12.1 Å². The largest absolute Gasteiger partial charge is 0.494 e. The van der Waals surface area contributed by atoms with E-state index in [2.05, 4.69) is 6.92 Å². The predicted molar refractivity (Wildman–Crippen MR) is 92.6 cm³/mol. The summed E-state index contributed by atoms with van der Waals surface area (Å²) in [6.45, 7) is 10.8. The first-order valence-corrected chi connectivity index (χ1v) is 8.41. The molecule has 122 valence electrons. The lowest BCUT2D eigenvalue weighted by molar-refractivity contribution is 0.00578. The molecule has 3 nitrogen and oxygen atoms in total. The van der Waals surface area contributed by atoms with Crippen molar-refractivity contribution in [3.8, 4) is 5.75 Å². The molecule has 0 amide bonds. The second kappa shape index (κ2) is 6.60. The molecule has 1 aliphatic rings. The molecule has 6 heteroatoms. The van der Waals surface area contributed by atoms with Crippen LogP contribution in [0.2, 0.25) is 10.0 Å². The van der Waals surface area contributed by atoms with E-state index < -0.39 is 18.3 Å². The van der Waals surface area contributed by atoms with Crippen LogP contribution in [-0.4, -0.2) is 24.9 Å². The summed E-state index contributed by atoms with van der Waals surface area (Å²) in [5.41, 5.74) is 0.0105. The highest BCUT2D eigenvalue weighted by atomic mass is 35.5. The molecule has 0 atom stereocenters. The standard InChI is InChI=1S/C16H23BCl2O3/c1-6-7-8-20-14-12(18)9-11(10-13(14)19)17-21-15(2,3)16(4,5)22-17/h9-10H,6-8H2,1-5H3. The van der Waals surface area contributed by atoms with Crippen LogP contribution in [0.1, 0.15) is 47.5 Å². The number of hydrogen-bond donors (Lipinski definition) is 0. The molecule has 2 rings (SSSR count). The maximum atomic E-state index is 6.31. The summed E-state index contributed by atoms with van der Waals surface area (Å²) in [5.74, 6) is 0.525. The molecule has 1 fully saturated rings. The van der Waals surface area contributed by atoms with Crippen LogP contribution < -0.4 is 10.2 Å². The number of unbranched alkanes of at least 4 members (excludes halogenated alkanes) is 1. The molecule has 0 bridgehead atoms. The molecule has 22 heavy (non-hydrogen) atoms. The lowest BCUT2D eigenvalue weighted by Crippen LogP contribution is -2.41. The molecule has 0 aliphatic carbocycles. The first-order chi connectivity index (χ1) is 10.2. The van der Waals surface area contributed by atoms with Crippen molar-refractivity contribution in [1.82, 2.24) is 0 Å². The SMILES string of the molecule is CCCCOc1c(Cl)cc(B2OC(C)(C)C(C)(C)O2)cc1Cl. The Morgan fingerprint density at radius 2 is 1.55 bits per heavy atom. The van der Waals surface area contributed by atoms with Crippen LogP contribution >= 0.6 is 23.2 Å². The van der Waals surface area contributed by atoms with Gasteiger partial charge in [-0.05, 0) is 51.7 Å². The van der Waals surface area contributed by atoms with Crippen LogP contribution in [0.5, 0.6) is 5.75 Å². The summed E-state index contributed by atoms with van der Waals surface area (Å²) in [4.78, 5) is 0. The zero-order valence-electron chi connectivity index (χ0n) is 13.8. The first kappa shape index (κ1) is 17.9. The maximum absolute atomic E-state index is 6.31. The van der Waals surface area contributed by atoms with Gasteiger partial charge in [-0.2, -0.15) is 0 Å². The highest BCUT2D eigenvalue weighted by Crippen LogP contribution is 2.38. The van der Waals surface area contributed by atoms with Crippen LogP contribution in [0.4, 0.5) is 0 Å². The molecule has 0 radical (unpaired) electrons. The number of halogens is 2. The van der Waals surface area contributed by atoms with E-state index in [9.17, 15) is 0 Å². The molecular formula is C16H23BCl2O3. The van der Waals surface area contributed by atoms with Gasteiger partial charge in [-0.25, -0.2) is 0 Å². The topological polar surface area (TPSA) is 27.7 Å². The molecule has 0 saturated carbocycles. The summed E-state index contributed by atoms with van der Waals surface area (Å²) < 4.78 is 17.7. The lowest BCUT2D eigenvalue weighted by atomic mass is 9.79. The Morgan fingerprint density at radius 1 is 1.05 bits per heavy atom. The van der Waals surface area contributed by atoms with E-state index >= 15 is 0 Å². The minimum Gasteiger partial charge on any atom is -0.490 e. The van der Waals surface area contributed by atoms with Crippen molar-refractivity contribution in [1.29, 1.82) is 0 Å². The van der Waals surface area contributed by atoms with Crippen molar-refractivity contribution < 1.29 is 14.0 Å². The molecule has 0 unspecified atom stereocenters. The molecule has 0 N–H and O–H groups in total. The van der Waals surface area contributed by atoms with Crippen molar-refractivity contribution in [2.24, 2.45) is 0 Å². The van der Waals surface area contributed by atoms with E-state index in [1.807, 2.05) is 27.7 Å². The highest BCUT2D eigenvalue weighted by molar-refractivity contribution is 6.63. The van der Waals surface area contributed by atoms with Crippen LogP contribution in [0.3, 0.4) is 0 Å².